The van der Waals surface area contributed by atoms with E-state index in [0.717, 1.165) is 60.1 Å². The van der Waals surface area contributed by atoms with Crippen LogP contribution in [0, 0.1) is 5.82 Å². The van der Waals surface area contributed by atoms with Crippen molar-refractivity contribution in [2.75, 3.05) is 30.3 Å². The molecule has 1 aliphatic heterocycles. The third kappa shape index (κ3) is 4.77. The van der Waals surface area contributed by atoms with E-state index in [1.807, 2.05) is 0 Å². The number of rotatable bonds is 8. The van der Waals surface area contributed by atoms with E-state index in [4.69, 9.17) is 21.6 Å². The molecule has 0 atom stereocenters. The van der Waals surface area contributed by atoms with Crippen LogP contribution in [0.2, 0.25) is 5.02 Å². The van der Waals surface area contributed by atoms with E-state index in [2.05, 4.69) is 22.2 Å². The van der Waals surface area contributed by atoms with E-state index in [1.54, 1.807) is 22.6 Å². The van der Waals surface area contributed by atoms with E-state index in [-0.39, 0.29) is 17.1 Å². The molecule has 0 aliphatic carbocycles. The molecule has 1 N–H and O–H groups in total. The Morgan fingerprint density at radius 3 is 2.84 bits per heavy atom. The number of amides is 1. The fourth-order valence-corrected chi connectivity index (χ4v) is 4.53. The Labute approximate surface area is 189 Å². The van der Waals surface area contributed by atoms with E-state index in [0.29, 0.717) is 6.54 Å². The van der Waals surface area contributed by atoms with Crippen LogP contribution in [0.25, 0.3) is 11.0 Å². The van der Waals surface area contributed by atoms with Crippen LogP contribution in [-0.4, -0.2) is 51.0 Å². The standard InChI is InChI=1S/C21H24ClFN6OS/c1-2-12-31-21-26-18(28-9-3-4-10-28)14-13-25-29(19(14)27-21)11-8-24-20(30)17-15(22)6-5-7-16(17)23/h5-7,13H,2-4,8-12H2,1H3,(H,24,30). The van der Waals surface area contributed by atoms with Crippen LogP contribution in [0.5, 0.6) is 0 Å². The van der Waals surface area contributed by atoms with Gasteiger partial charge in [0.1, 0.15) is 11.6 Å². The first-order chi connectivity index (χ1) is 15.1. The molecule has 164 valence electrons. The SMILES string of the molecule is CCCSc1nc(N2CCCC2)c2cnn(CCNC(=O)c3c(F)cccc3Cl)c2n1. The van der Waals surface area contributed by atoms with Gasteiger partial charge in [0.15, 0.2) is 10.8 Å². The number of carbonyl (C=O) groups excluding carboxylic acids is 1. The summed E-state index contributed by atoms with van der Waals surface area (Å²) in [7, 11) is 0. The average molecular weight is 463 g/mol. The molecule has 1 saturated heterocycles. The molecule has 7 nitrogen and oxygen atoms in total. The molecule has 3 heterocycles. The van der Waals surface area contributed by atoms with Crippen LogP contribution in [0.1, 0.15) is 36.5 Å². The fraction of sp³-hybridized carbons (Fsp3) is 0.429. The van der Waals surface area contributed by atoms with E-state index in [1.165, 1.54) is 18.2 Å². The molecule has 1 aliphatic rings. The molecule has 0 unspecified atom stereocenters. The van der Waals surface area contributed by atoms with Crippen molar-refractivity contribution in [3.63, 3.8) is 0 Å². The van der Waals surface area contributed by atoms with Crippen molar-refractivity contribution in [2.24, 2.45) is 0 Å². The minimum Gasteiger partial charge on any atom is -0.356 e. The maximum absolute atomic E-state index is 14.0. The highest BCUT2D eigenvalue weighted by Crippen LogP contribution is 2.29. The number of carbonyl (C=O) groups is 1. The second-order valence-electron chi connectivity index (χ2n) is 7.33. The zero-order valence-electron chi connectivity index (χ0n) is 17.3. The number of fused-ring (bicyclic) bond motifs is 1. The van der Waals surface area contributed by atoms with Crippen molar-refractivity contribution < 1.29 is 9.18 Å². The van der Waals surface area contributed by atoms with Gasteiger partial charge in [-0.3, -0.25) is 4.79 Å². The number of benzene rings is 1. The van der Waals surface area contributed by atoms with Crippen LogP contribution in [0.4, 0.5) is 10.2 Å². The second-order valence-corrected chi connectivity index (χ2v) is 8.80. The van der Waals surface area contributed by atoms with Gasteiger partial charge in [0.2, 0.25) is 0 Å². The summed E-state index contributed by atoms with van der Waals surface area (Å²) in [6.45, 7) is 4.75. The summed E-state index contributed by atoms with van der Waals surface area (Å²) in [6, 6.07) is 4.18. The number of nitrogens with one attached hydrogen (secondary N) is 1. The summed E-state index contributed by atoms with van der Waals surface area (Å²) in [5.41, 5.74) is 0.597. The molecule has 31 heavy (non-hydrogen) atoms. The van der Waals surface area contributed by atoms with E-state index in [9.17, 15) is 9.18 Å². The zero-order chi connectivity index (χ0) is 21.8. The summed E-state index contributed by atoms with van der Waals surface area (Å²) >= 11 is 7.61. The van der Waals surface area contributed by atoms with Crippen LogP contribution < -0.4 is 10.2 Å². The first-order valence-corrected chi connectivity index (χ1v) is 11.8. The first kappa shape index (κ1) is 21.8. The molecule has 2 aromatic heterocycles. The van der Waals surface area contributed by atoms with E-state index >= 15 is 0 Å². The highest BCUT2D eigenvalue weighted by molar-refractivity contribution is 7.99. The molecule has 4 rings (SSSR count). The van der Waals surface area contributed by atoms with Crippen molar-refractivity contribution in [1.29, 1.82) is 0 Å². The Bertz CT molecular complexity index is 1060. The van der Waals surface area contributed by atoms with Crippen LogP contribution in [-0.2, 0) is 6.54 Å². The number of halogens is 2. The molecule has 1 aromatic carbocycles. The minimum atomic E-state index is -0.643. The molecule has 0 bridgehead atoms. The minimum absolute atomic E-state index is 0.0858. The third-order valence-electron chi connectivity index (χ3n) is 5.10. The smallest absolute Gasteiger partial charge is 0.255 e. The summed E-state index contributed by atoms with van der Waals surface area (Å²) in [5, 5.41) is 8.93. The van der Waals surface area contributed by atoms with Crippen LogP contribution in [0.3, 0.4) is 0 Å². The quantitative estimate of drug-likeness (QED) is 0.400. The molecule has 0 saturated carbocycles. The Kier molecular flexibility index (Phi) is 6.92. The molecule has 10 heteroatoms. The molecule has 1 fully saturated rings. The Morgan fingerprint density at radius 1 is 1.29 bits per heavy atom. The summed E-state index contributed by atoms with van der Waals surface area (Å²) in [5.74, 6) is 0.675. The largest absolute Gasteiger partial charge is 0.356 e. The zero-order valence-corrected chi connectivity index (χ0v) is 18.8. The number of aromatic nitrogens is 4. The van der Waals surface area contributed by atoms with Gasteiger partial charge in [0.05, 0.1) is 28.7 Å². The van der Waals surface area contributed by atoms with Crippen molar-refractivity contribution in [1.82, 2.24) is 25.1 Å². The molecule has 0 radical (unpaired) electrons. The van der Waals surface area contributed by atoms with Crippen molar-refractivity contribution in [2.45, 2.75) is 37.9 Å². The summed E-state index contributed by atoms with van der Waals surface area (Å²) < 4.78 is 15.7. The average Bonchev–Trinajstić information content (AvgIpc) is 3.42. The van der Waals surface area contributed by atoms with Gasteiger partial charge >= 0.3 is 0 Å². The first-order valence-electron chi connectivity index (χ1n) is 10.4. The van der Waals surface area contributed by atoms with Crippen LogP contribution in [0.15, 0.2) is 29.6 Å². The lowest BCUT2D eigenvalue weighted by molar-refractivity contribution is 0.0948. The molecular formula is C21H24ClFN6OS. The molecular weight excluding hydrogens is 439 g/mol. The maximum Gasteiger partial charge on any atom is 0.255 e. The van der Waals surface area contributed by atoms with Gasteiger partial charge in [-0.2, -0.15) is 5.10 Å². The van der Waals surface area contributed by atoms with Crippen molar-refractivity contribution in [3.8, 4) is 0 Å². The summed E-state index contributed by atoms with van der Waals surface area (Å²) in [6.07, 6.45) is 5.13. The number of hydrogen-bond acceptors (Lipinski definition) is 6. The van der Waals surface area contributed by atoms with Gasteiger partial charge in [0.25, 0.3) is 5.91 Å². The Hall–Kier alpha value is -2.39. The normalized spacial score (nSPS) is 13.8. The molecule has 3 aromatic rings. The van der Waals surface area contributed by atoms with Gasteiger partial charge in [-0.1, -0.05) is 36.4 Å². The third-order valence-corrected chi connectivity index (χ3v) is 6.46. The lowest BCUT2D eigenvalue weighted by Gasteiger charge is -2.18. The van der Waals surface area contributed by atoms with Crippen molar-refractivity contribution >= 4 is 46.1 Å². The van der Waals surface area contributed by atoms with Gasteiger partial charge in [-0.25, -0.2) is 19.0 Å². The predicted molar refractivity (Wildman–Crippen MR) is 122 cm³/mol. The van der Waals surface area contributed by atoms with Gasteiger partial charge < -0.3 is 10.2 Å². The van der Waals surface area contributed by atoms with Crippen LogP contribution >= 0.6 is 23.4 Å². The lowest BCUT2D eigenvalue weighted by Crippen LogP contribution is -2.28. The van der Waals surface area contributed by atoms with Gasteiger partial charge in [-0.05, 0) is 31.4 Å². The second kappa shape index (κ2) is 9.82. The number of nitrogens with zero attached hydrogens (tertiary/aromatic N) is 5. The number of thioether (sulfide) groups is 1. The highest BCUT2D eigenvalue weighted by atomic mass is 35.5. The Balaban J connectivity index is 1.53. The molecule has 1 amide bonds. The van der Waals surface area contributed by atoms with Gasteiger partial charge in [0, 0.05) is 25.4 Å². The number of hydrogen-bond donors (Lipinski definition) is 1. The topological polar surface area (TPSA) is 75.9 Å². The Morgan fingerprint density at radius 2 is 2.10 bits per heavy atom. The maximum atomic E-state index is 14.0. The molecule has 0 spiro atoms. The number of anilines is 1. The highest BCUT2D eigenvalue weighted by Gasteiger charge is 2.21. The fourth-order valence-electron chi connectivity index (χ4n) is 3.59. The summed E-state index contributed by atoms with van der Waals surface area (Å²) in [4.78, 5) is 24.2. The van der Waals surface area contributed by atoms with E-state index < -0.39 is 11.7 Å². The van der Waals surface area contributed by atoms with Gasteiger partial charge in [-0.15, -0.1) is 0 Å². The predicted octanol–water partition coefficient (Wildman–Crippen LogP) is 4.15. The van der Waals surface area contributed by atoms with Crippen molar-refractivity contribution in [3.05, 3.63) is 40.8 Å². The monoisotopic (exact) mass is 462 g/mol. The lowest BCUT2D eigenvalue weighted by atomic mass is 10.2.